The van der Waals surface area contributed by atoms with Crippen LogP contribution in [0.4, 0.5) is 18.3 Å². The lowest BCUT2D eigenvalue weighted by Crippen LogP contribution is -2.30. The Balaban J connectivity index is 1.70. The third-order valence-electron chi connectivity index (χ3n) is 5.75. The van der Waals surface area contributed by atoms with Crippen molar-refractivity contribution in [1.82, 2.24) is 9.36 Å². The van der Waals surface area contributed by atoms with Gasteiger partial charge >= 0.3 is 6.18 Å². The van der Waals surface area contributed by atoms with Crippen molar-refractivity contribution in [2.45, 2.75) is 24.5 Å². The lowest BCUT2D eigenvalue weighted by atomic mass is 10.1. The molecule has 0 N–H and O–H groups in total. The number of methoxy groups -OCH3 is 2. The summed E-state index contributed by atoms with van der Waals surface area (Å²) in [5.41, 5.74) is -0.282. The molecule has 0 radical (unpaired) electrons. The van der Waals surface area contributed by atoms with Crippen LogP contribution < -0.4 is 18.5 Å². The molecule has 0 aliphatic rings. The molecule has 3 aromatic carbocycles. The van der Waals surface area contributed by atoms with E-state index < -0.39 is 21.8 Å². The van der Waals surface area contributed by atoms with Gasteiger partial charge in [0.2, 0.25) is 5.13 Å². The second kappa shape index (κ2) is 11.4. The number of anilines is 1. The van der Waals surface area contributed by atoms with Crippen molar-refractivity contribution in [1.29, 1.82) is 5.26 Å². The summed E-state index contributed by atoms with van der Waals surface area (Å²) >= 11 is 0.863. The summed E-state index contributed by atoms with van der Waals surface area (Å²) in [7, 11) is -1.36. The van der Waals surface area contributed by atoms with Crippen LogP contribution in [0.5, 0.6) is 23.0 Å². The molecule has 14 heteroatoms. The number of benzene rings is 3. The summed E-state index contributed by atoms with van der Waals surface area (Å²) in [5.74, 6) is 0.965. The molecular weight excluding hydrogens is 569 g/mol. The van der Waals surface area contributed by atoms with Gasteiger partial charge in [-0.05, 0) is 61.0 Å². The van der Waals surface area contributed by atoms with E-state index >= 15 is 0 Å². The van der Waals surface area contributed by atoms with Crippen molar-refractivity contribution >= 4 is 26.7 Å². The fourth-order valence-electron chi connectivity index (χ4n) is 3.70. The Hall–Kier alpha value is -4.35. The number of hydrogen-bond donors (Lipinski definition) is 0. The first-order chi connectivity index (χ1) is 19.0. The van der Waals surface area contributed by atoms with E-state index in [0.29, 0.717) is 17.1 Å². The Labute approximate surface area is 232 Å². The maximum atomic E-state index is 13.8. The van der Waals surface area contributed by atoms with Gasteiger partial charge in [-0.1, -0.05) is 0 Å². The molecular formula is C26H21F3N4O5S2. The number of halogens is 3. The molecule has 208 valence electrons. The average molecular weight is 591 g/mol. The smallest absolute Gasteiger partial charge is 0.416 e. The highest BCUT2D eigenvalue weighted by Crippen LogP contribution is 2.36. The Morgan fingerprint density at radius 1 is 1.00 bits per heavy atom. The van der Waals surface area contributed by atoms with Crippen molar-refractivity contribution < 1.29 is 35.8 Å². The van der Waals surface area contributed by atoms with Crippen molar-refractivity contribution in [3.63, 3.8) is 0 Å². The zero-order valence-corrected chi connectivity index (χ0v) is 22.9. The van der Waals surface area contributed by atoms with E-state index in [4.69, 9.17) is 14.2 Å². The molecule has 0 atom stereocenters. The zero-order valence-electron chi connectivity index (χ0n) is 21.3. The van der Waals surface area contributed by atoms with Crippen LogP contribution in [0.3, 0.4) is 0 Å². The van der Waals surface area contributed by atoms with Gasteiger partial charge in [-0.2, -0.15) is 22.8 Å². The number of aromatic nitrogens is 2. The summed E-state index contributed by atoms with van der Waals surface area (Å²) in [6, 6.07) is 13.4. The number of alkyl halides is 3. The lowest BCUT2D eigenvalue weighted by Gasteiger charge is -2.23. The lowest BCUT2D eigenvalue weighted by molar-refractivity contribution is -0.137. The van der Waals surface area contributed by atoms with Crippen molar-refractivity contribution in [2.24, 2.45) is 0 Å². The number of rotatable bonds is 9. The van der Waals surface area contributed by atoms with Crippen LogP contribution in [0.25, 0.3) is 0 Å². The standard InChI is InChI=1S/C26H21F3N4O5S2/c1-16-10-19(26(27,28)29)5-8-22(16)38-23-9-7-21(11-18(23)13-30)40(34,35)33(25-31-15-32-39-25)14-17-4-6-20(36-2)12-24(17)37-3/h4-12,15H,14H2,1-3H3. The average Bonchev–Trinajstić information content (AvgIpc) is 3.46. The Morgan fingerprint density at radius 3 is 2.35 bits per heavy atom. The zero-order chi connectivity index (χ0) is 29.1. The van der Waals surface area contributed by atoms with Crippen LogP contribution in [0.15, 0.2) is 65.8 Å². The van der Waals surface area contributed by atoms with E-state index in [0.717, 1.165) is 40.1 Å². The van der Waals surface area contributed by atoms with E-state index in [1.54, 1.807) is 18.2 Å². The molecule has 40 heavy (non-hydrogen) atoms. The predicted molar refractivity (Wildman–Crippen MR) is 140 cm³/mol. The quantitative estimate of drug-likeness (QED) is 0.235. The highest BCUT2D eigenvalue weighted by molar-refractivity contribution is 7.93. The van der Waals surface area contributed by atoms with E-state index in [1.165, 1.54) is 39.6 Å². The number of hydrogen-bond acceptors (Lipinski definition) is 9. The molecule has 9 nitrogen and oxygen atoms in total. The van der Waals surface area contributed by atoms with E-state index in [1.807, 2.05) is 6.07 Å². The summed E-state index contributed by atoms with van der Waals surface area (Å²) in [6.07, 6.45) is -3.30. The van der Waals surface area contributed by atoms with Gasteiger partial charge in [0.15, 0.2) is 0 Å². The van der Waals surface area contributed by atoms with Crippen LogP contribution in [0.2, 0.25) is 0 Å². The number of nitriles is 1. The topological polar surface area (TPSA) is 115 Å². The minimum absolute atomic E-state index is 0.0244. The third-order valence-corrected chi connectivity index (χ3v) is 8.29. The van der Waals surface area contributed by atoms with Crippen LogP contribution >= 0.6 is 11.5 Å². The van der Waals surface area contributed by atoms with E-state index in [2.05, 4.69) is 9.36 Å². The van der Waals surface area contributed by atoms with Crippen LogP contribution in [0, 0.1) is 18.3 Å². The number of sulfonamides is 1. The molecule has 0 amide bonds. The van der Waals surface area contributed by atoms with Crippen LogP contribution in [-0.4, -0.2) is 32.0 Å². The van der Waals surface area contributed by atoms with Gasteiger partial charge in [-0.25, -0.2) is 17.7 Å². The molecule has 0 unspecified atom stereocenters. The summed E-state index contributed by atoms with van der Waals surface area (Å²) in [6.45, 7) is 1.26. The predicted octanol–water partition coefficient (Wildman–Crippen LogP) is 5.94. The second-order valence-corrected chi connectivity index (χ2v) is 10.9. The Morgan fingerprint density at radius 2 is 1.75 bits per heavy atom. The van der Waals surface area contributed by atoms with Crippen LogP contribution in [0.1, 0.15) is 22.3 Å². The minimum atomic E-state index is -4.52. The largest absolute Gasteiger partial charge is 0.497 e. The first-order valence-corrected chi connectivity index (χ1v) is 13.6. The second-order valence-electron chi connectivity index (χ2n) is 8.26. The molecule has 4 rings (SSSR count). The molecule has 0 aliphatic heterocycles. The van der Waals surface area contributed by atoms with Gasteiger partial charge < -0.3 is 14.2 Å². The number of nitrogens with zero attached hydrogens (tertiary/aromatic N) is 4. The maximum Gasteiger partial charge on any atom is 0.416 e. The van der Waals surface area contributed by atoms with Crippen molar-refractivity contribution in [3.8, 4) is 29.1 Å². The first kappa shape index (κ1) is 28.7. The normalized spacial score (nSPS) is 11.5. The number of ether oxygens (including phenoxy) is 3. The highest BCUT2D eigenvalue weighted by Gasteiger charge is 2.31. The van der Waals surface area contributed by atoms with Crippen LogP contribution in [-0.2, 0) is 22.7 Å². The molecule has 0 saturated heterocycles. The fourth-order valence-corrected chi connectivity index (χ4v) is 5.86. The molecule has 4 aromatic rings. The molecule has 0 saturated carbocycles. The third kappa shape index (κ3) is 5.95. The SMILES string of the molecule is COc1ccc(CN(c2ncns2)S(=O)(=O)c2ccc(Oc3ccc(C(F)(F)F)cc3C)c(C#N)c2)c(OC)c1. The van der Waals surface area contributed by atoms with E-state index in [-0.39, 0.29) is 39.2 Å². The van der Waals surface area contributed by atoms with Gasteiger partial charge in [-0.3, -0.25) is 0 Å². The van der Waals surface area contributed by atoms with Gasteiger partial charge in [-0.15, -0.1) is 0 Å². The van der Waals surface area contributed by atoms with Crippen molar-refractivity contribution in [2.75, 3.05) is 18.5 Å². The molecule has 0 aliphatic carbocycles. The molecule has 0 bridgehead atoms. The minimum Gasteiger partial charge on any atom is -0.497 e. The van der Waals surface area contributed by atoms with Gasteiger partial charge in [0.05, 0.1) is 36.8 Å². The molecule has 1 heterocycles. The first-order valence-electron chi connectivity index (χ1n) is 11.4. The summed E-state index contributed by atoms with van der Waals surface area (Å²) in [4.78, 5) is 3.83. The summed E-state index contributed by atoms with van der Waals surface area (Å²) < 4.78 is 88.0. The monoisotopic (exact) mass is 590 g/mol. The molecule has 0 fully saturated rings. The van der Waals surface area contributed by atoms with Gasteiger partial charge in [0, 0.05) is 23.2 Å². The summed E-state index contributed by atoms with van der Waals surface area (Å²) in [5, 5.41) is 9.83. The molecule has 0 spiro atoms. The molecule has 1 aromatic heterocycles. The fraction of sp³-hybridized carbons (Fsp3) is 0.192. The Kier molecular flexibility index (Phi) is 8.17. The van der Waals surface area contributed by atoms with E-state index in [9.17, 15) is 26.9 Å². The Bertz CT molecular complexity index is 1670. The highest BCUT2D eigenvalue weighted by atomic mass is 32.2. The van der Waals surface area contributed by atoms with Gasteiger partial charge in [0.25, 0.3) is 10.0 Å². The van der Waals surface area contributed by atoms with Gasteiger partial charge in [0.1, 0.15) is 35.4 Å². The maximum absolute atomic E-state index is 13.8. The van der Waals surface area contributed by atoms with Crippen molar-refractivity contribution in [3.05, 3.63) is 83.2 Å². The number of aryl methyl sites for hydroxylation is 1.